The van der Waals surface area contributed by atoms with Crippen LogP contribution in [0, 0.1) is 0 Å². The Morgan fingerprint density at radius 1 is 1.53 bits per heavy atom. The molecular formula is C9H14F3N3. The lowest BCUT2D eigenvalue weighted by Crippen LogP contribution is -2.25. The highest BCUT2D eigenvalue weighted by Gasteiger charge is 2.26. The zero-order chi connectivity index (χ0) is 11.5. The normalized spacial score (nSPS) is 14.2. The van der Waals surface area contributed by atoms with E-state index in [0.717, 1.165) is 5.69 Å². The summed E-state index contributed by atoms with van der Waals surface area (Å²) in [5, 5.41) is 6.75. The average Bonchev–Trinajstić information content (AvgIpc) is 2.48. The van der Waals surface area contributed by atoms with E-state index in [9.17, 15) is 13.2 Å². The largest absolute Gasteiger partial charge is 0.390 e. The molecule has 1 aromatic heterocycles. The summed E-state index contributed by atoms with van der Waals surface area (Å²) in [7, 11) is 1.76. The number of aromatic nitrogens is 2. The first-order chi connectivity index (χ1) is 6.90. The van der Waals surface area contributed by atoms with Crippen molar-refractivity contribution in [3.05, 3.63) is 18.0 Å². The quantitative estimate of drug-likeness (QED) is 0.843. The van der Waals surface area contributed by atoms with Gasteiger partial charge < -0.3 is 5.32 Å². The van der Waals surface area contributed by atoms with Crippen LogP contribution in [0.15, 0.2) is 12.3 Å². The minimum atomic E-state index is -4.10. The third-order valence-electron chi connectivity index (χ3n) is 2.16. The van der Waals surface area contributed by atoms with Crippen molar-refractivity contribution in [3.63, 3.8) is 0 Å². The van der Waals surface area contributed by atoms with Crippen LogP contribution in [0.25, 0.3) is 0 Å². The molecule has 1 rings (SSSR count). The highest BCUT2D eigenvalue weighted by molar-refractivity contribution is 5.04. The van der Waals surface area contributed by atoms with Crippen LogP contribution < -0.4 is 5.32 Å². The van der Waals surface area contributed by atoms with E-state index in [1.54, 1.807) is 24.0 Å². The number of halogens is 3. The highest BCUT2D eigenvalue weighted by atomic mass is 19.4. The molecule has 0 saturated carbocycles. The van der Waals surface area contributed by atoms with Crippen molar-refractivity contribution >= 4 is 0 Å². The average molecular weight is 221 g/mol. The van der Waals surface area contributed by atoms with E-state index in [2.05, 4.69) is 10.4 Å². The SMILES string of the molecule is CC(NCCC(F)(F)F)c1ccnn1C. The van der Waals surface area contributed by atoms with Crippen LogP contribution in [0.3, 0.4) is 0 Å². The molecule has 86 valence electrons. The molecule has 15 heavy (non-hydrogen) atoms. The van der Waals surface area contributed by atoms with Crippen LogP contribution in [0.5, 0.6) is 0 Å². The van der Waals surface area contributed by atoms with Gasteiger partial charge in [-0.15, -0.1) is 0 Å². The number of nitrogens with zero attached hydrogens (tertiary/aromatic N) is 2. The molecule has 0 amide bonds. The van der Waals surface area contributed by atoms with Crippen molar-refractivity contribution in [2.24, 2.45) is 7.05 Å². The second-order valence-electron chi connectivity index (χ2n) is 3.42. The number of hydrogen-bond donors (Lipinski definition) is 1. The van der Waals surface area contributed by atoms with Gasteiger partial charge in [0.15, 0.2) is 0 Å². The van der Waals surface area contributed by atoms with Gasteiger partial charge >= 0.3 is 6.18 Å². The summed E-state index contributed by atoms with van der Waals surface area (Å²) < 4.78 is 37.3. The van der Waals surface area contributed by atoms with Crippen LogP contribution in [0.2, 0.25) is 0 Å². The smallest absolute Gasteiger partial charge is 0.309 e. The van der Waals surface area contributed by atoms with Gasteiger partial charge in [-0.1, -0.05) is 0 Å². The van der Waals surface area contributed by atoms with Crippen LogP contribution in [0.1, 0.15) is 25.1 Å². The third-order valence-corrected chi connectivity index (χ3v) is 2.16. The van der Waals surface area contributed by atoms with Gasteiger partial charge in [0.25, 0.3) is 0 Å². The first-order valence-electron chi connectivity index (χ1n) is 4.68. The first-order valence-corrected chi connectivity index (χ1v) is 4.68. The topological polar surface area (TPSA) is 29.9 Å². The molecule has 0 aliphatic carbocycles. The van der Waals surface area contributed by atoms with E-state index < -0.39 is 12.6 Å². The van der Waals surface area contributed by atoms with E-state index in [-0.39, 0.29) is 12.6 Å². The third kappa shape index (κ3) is 3.91. The molecule has 0 fully saturated rings. The summed E-state index contributed by atoms with van der Waals surface area (Å²) in [5.41, 5.74) is 0.872. The van der Waals surface area contributed by atoms with E-state index >= 15 is 0 Å². The van der Waals surface area contributed by atoms with Gasteiger partial charge in [-0.3, -0.25) is 4.68 Å². The van der Waals surface area contributed by atoms with E-state index in [0.29, 0.717) is 0 Å². The molecule has 1 unspecified atom stereocenters. The molecule has 1 N–H and O–H groups in total. The number of aryl methyl sites for hydroxylation is 1. The van der Waals surface area contributed by atoms with Crippen molar-refractivity contribution in [1.29, 1.82) is 0 Å². The van der Waals surface area contributed by atoms with Gasteiger partial charge in [0.1, 0.15) is 0 Å². The summed E-state index contributed by atoms with van der Waals surface area (Å²) in [5.74, 6) is 0. The van der Waals surface area contributed by atoms with Gasteiger partial charge in [0, 0.05) is 25.8 Å². The van der Waals surface area contributed by atoms with Gasteiger partial charge in [-0.2, -0.15) is 18.3 Å². The lowest BCUT2D eigenvalue weighted by molar-refractivity contribution is -0.133. The number of hydrogen-bond acceptors (Lipinski definition) is 2. The Bertz CT molecular complexity index is 306. The Morgan fingerprint density at radius 2 is 2.20 bits per heavy atom. The van der Waals surface area contributed by atoms with E-state index in [1.165, 1.54) is 0 Å². The maximum absolute atomic E-state index is 11.9. The Hall–Kier alpha value is -1.04. The summed E-state index contributed by atoms with van der Waals surface area (Å²) in [6.07, 6.45) is -3.29. The Labute approximate surface area is 86.3 Å². The molecule has 6 heteroatoms. The summed E-state index contributed by atoms with van der Waals surface area (Å²) >= 11 is 0. The minimum absolute atomic E-state index is 0.0736. The monoisotopic (exact) mass is 221 g/mol. The van der Waals surface area contributed by atoms with Crippen LogP contribution in [0.4, 0.5) is 13.2 Å². The lowest BCUT2D eigenvalue weighted by atomic mass is 10.2. The fraction of sp³-hybridized carbons (Fsp3) is 0.667. The van der Waals surface area contributed by atoms with Gasteiger partial charge in [-0.05, 0) is 13.0 Å². The maximum Gasteiger partial charge on any atom is 0.390 e. The van der Waals surface area contributed by atoms with Crippen molar-refractivity contribution in [2.45, 2.75) is 25.6 Å². The molecule has 1 heterocycles. The predicted octanol–water partition coefficient (Wildman–Crippen LogP) is 2.02. The molecule has 0 bridgehead atoms. The second kappa shape index (κ2) is 4.65. The second-order valence-corrected chi connectivity index (χ2v) is 3.42. The molecule has 3 nitrogen and oxygen atoms in total. The molecule has 0 aliphatic rings. The minimum Gasteiger partial charge on any atom is -0.309 e. The molecule has 0 radical (unpaired) electrons. The molecule has 0 spiro atoms. The Kier molecular flexibility index (Phi) is 3.73. The van der Waals surface area contributed by atoms with Crippen LogP contribution >= 0.6 is 0 Å². The summed E-state index contributed by atoms with van der Waals surface area (Å²) in [4.78, 5) is 0. The Morgan fingerprint density at radius 3 is 2.67 bits per heavy atom. The molecule has 0 aromatic carbocycles. The lowest BCUT2D eigenvalue weighted by Gasteiger charge is -2.14. The molecule has 1 atom stereocenters. The predicted molar refractivity (Wildman–Crippen MR) is 50.3 cm³/mol. The van der Waals surface area contributed by atoms with Gasteiger partial charge in [0.2, 0.25) is 0 Å². The van der Waals surface area contributed by atoms with Gasteiger partial charge in [0.05, 0.1) is 12.1 Å². The van der Waals surface area contributed by atoms with Crippen LogP contribution in [-0.4, -0.2) is 22.5 Å². The molecule has 1 aromatic rings. The zero-order valence-electron chi connectivity index (χ0n) is 8.67. The van der Waals surface area contributed by atoms with Crippen molar-refractivity contribution in [1.82, 2.24) is 15.1 Å². The standard InChI is InChI=1S/C9H14F3N3/c1-7(8-3-5-14-15(8)2)13-6-4-9(10,11)12/h3,5,7,13H,4,6H2,1-2H3. The fourth-order valence-corrected chi connectivity index (χ4v) is 1.34. The first kappa shape index (κ1) is 12.0. The zero-order valence-corrected chi connectivity index (χ0v) is 8.67. The van der Waals surface area contributed by atoms with Crippen molar-refractivity contribution in [3.8, 4) is 0 Å². The molecule has 0 saturated heterocycles. The molecular weight excluding hydrogens is 207 g/mol. The number of alkyl halides is 3. The van der Waals surface area contributed by atoms with E-state index in [1.807, 2.05) is 6.92 Å². The maximum atomic E-state index is 11.9. The summed E-state index contributed by atoms with van der Waals surface area (Å²) in [6, 6.07) is 1.66. The highest BCUT2D eigenvalue weighted by Crippen LogP contribution is 2.19. The van der Waals surface area contributed by atoms with Gasteiger partial charge in [-0.25, -0.2) is 0 Å². The number of rotatable bonds is 4. The van der Waals surface area contributed by atoms with E-state index in [4.69, 9.17) is 0 Å². The number of nitrogens with one attached hydrogen (secondary N) is 1. The van der Waals surface area contributed by atoms with Crippen molar-refractivity contribution in [2.75, 3.05) is 6.54 Å². The van der Waals surface area contributed by atoms with Crippen molar-refractivity contribution < 1.29 is 13.2 Å². The fourth-order valence-electron chi connectivity index (χ4n) is 1.34. The van der Waals surface area contributed by atoms with Crippen LogP contribution in [-0.2, 0) is 7.05 Å². The summed E-state index contributed by atoms with van der Waals surface area (Å²) in [6.45, 7) is 1.74. The molecule has 0 aliphatic heterocycles. The Balaban J connectivity index is 2.37.